The second-order valence-corrected chi connectivity index (χ2v) is 5.61. The monoisotopic (exact) mass is 297 g/mol. The highest BCUT2D eigenvalue weighted by Gasteiger charge is 2.23. The maximum absolute atomic E-state index is 11.7. The smallest absolute Gasteiger partial charge is 0.265 e. The fraction of sp³-hybridized carbons (Fsp3) is 0.294. The van der Waals surface area contributed by atoms with E-state index in [-0.39, 0.29) is 5.91 Å². The van der Waals surface area contributed by atoms with Crippen molar-refractivity contribution in [3.63, 3.8) is 0 Å². The van der Waals surface area contributed by atoms with Crippen molar-refractivity contribution in [1.82, 2.24) is 9.88 Å². The standard InChI is InChI=1S/C17H19N3O2/c1-12-17(21)19-15-9-14(3-4-16(15)22-12)11-20(2)10-13-5-7-18-8-6-13/h3-9,12H,10-11H2,1-2H3,(H,19,21). The summed E-state index contributed by atoms with van der Waals surface area (Å²) in [7, 11) is 2.07. The van der Waals surface area contributed by atoms with Crippen LogP contribution in [0.2, 0.25) is 0 Å². The molecule has 1 atom stereocenters. The maximum Gasteiger partial charge on any atom is 0.265 e. The average molecular weight is 297 g/mol. The van der Waals surface area contributed by atoms with Gasteiger partial charge in [0, 0.05) is 25.5 Å². The number of amides is 1. The van der Waals surface area contributed by atoms with Gasteiger partial charge >= 0.3 is 0 Å². The van der Waals surface area contributed by atoms with E-state index >= 15 is 0 Å². The Balaban J connectivity index is 1.68. The summed E-state index contributed by atoms with van der Waals surface area (Å²) in [6, 6.07) is 9.95. The van der Waals surface area contributed by atoms with Crippen molar-refractivity contribution in [3.8, 4) is 5.75 Å². The molecule has 0 bridgehead atoms. The van der Waals surface area contributed by atoms with E-state index in [9.17, 15) is 4.79 Å². The predicted octanol–water partition coefficient (Wildman–Crippen LogP) is 2.43. The van der Waals surface area contributed by atoms with Gasteiger partial charge in [0.2, 0.25) is 0 Å². The number of pyridine rings is 1. The lowest BCUT2D eigenvalue weighted by Crippen LogP contribution is -2.34. The van der Waals surface area contributed by atoms with Gasteiger partial charge in [-0.05, 0) is 49.4 Å². The zero-order valence-corrected chi connectivity index (χ0v) is 12.7. The van der Waals surface area contributed by atoms with Gasteiger partial charge in [0.15, 0.2) is 6.10 Å². The van der Waals surface area contributed by atoms with E-state index in [0.29, 0.717) is 0 Å². The Morgan fingerprint density at radius 3 is 2.68 bits per heavy atom. The molecule has 1 aromatic heterocycles. The first-order chi connectivity index (χ1) is 10.6. The highest BCUT2D eigenvalue weighted by molar-refractivity contribution is 5.97. The second-order valence-electron chi connectivity index (χ2n) is 5.61. The minimum Gasteiger partial charge on any atom is -0.479 e. The molecule has 2 heterocycles. The highest BCUT2D eigenvalue weighted by atomic mass is 16.5. The van der Waals surface area contributed by atoms with Crippen LogP contribution in [0.4, 0.5) is 5.69 Å². The topological polar surface area (TPSA) is 54.5 Å². The molecule has 114 valence electrons. The van der Waals surface area contributed by atoms with Crippen molar-refractivity contribution in [2.75, 3.05) is 12.4 Å². The van der Waals surface area contributed by atoms with E-state index in [2.05, 4.69) is 22.2 Å². The molecule has 1 aromatic carbocycles. The van der Waals surface area contributed by atoms with Crippen LogP contribution in [0.25, 0.3) is 0 Å². The molecule has 1 amide bonds. The van der Waals surface area contributed by atoms with Gasteiger partial charge in [-0.3, -0.25) is 14.7 Å². The third-order valence-electron chi connectivity index (χ3n) is 3.63. The summed E-state index contributed by atoms with van der Waals surface area (Å²) < 4.78 is 5.57. The van der Waals surface area contributed by atoms with Gasteiger partial charge in [-0.25, -0.2) is 0 Å². The molecular formula is C17H19N3O2. The van der Waals surface area contributed by atoms with Gasteiger partial charge in [-0.2, -0.15) is 0 Å². The molecule has 0 spiro atoms. The van der Waals surface area contributed by atoms with Crippen molar-refractivity contribution >= 4 is 11.6 Å². The number of fused-ring (bicyclic) bond motifs is 1. The Bertz CT molecular complexity index is 673. The molecule has 5 heteroatoms. The van der Waals surface area contributed by atoms with Gasteiger partial charge in [0.05, 0.1) is 5.69 Å². The number of hydrogen-bond acceptors (Lipinski definition) is 4. The van der Waals surface area contributed by atoms with Crippen LogP contribution in [0, 0.1) is 0 Å². The highest BCUT2D eigenvalue weighted by Crippen LogP contribution is 2.30. The molecule has 1 N–H and O–H groups in total. The van der Waals surface area contributed by atoms with Crippen LogP contribution < -0.4 is 10.1 Å². The summed E-state index contributed by atoms with van der Waals surface area (Å²) in [6.45, 7) is 3.38. The molecule has 0 saturated carbocycles. The number of nitrogens with zero attached hydrogens (tertiary/aromatic N) is 2. The number of benzene rings is 1. The van der Waals surface area contributed by atoms with E-state index in [1.54, 1.807) is 19.3 Å². The molecule has 2 aromatic rings. The molecule has 0 radical (unpaired) electrons. The summed E-state index contributed by atoms with van der Waals surface area (Å²) in [4.78, 5) is 17.9. The SMILES string of the molecule is CC1Oc2ccc(CN(C)Cc3ccncc3)cc2NC1=O. The third-order valence-corrected chi connectivity index (χ3v) is 3.63. The van der Waals surface area contributed by atoms with Crippen LogP contribution in [-0.4, -0.2) is 28.9 Å². The fourth-order valence-electron chi connectivity index (χ4n) is 2.52. The number of carbonyl (C=O) groups excluding carboxylic acids is 1. The number of carbonyl (C=O) groups is 1. The second kappa shape index (κ2) is 6.15. The van der Waals surface area contributed by atoms with Crippen molar-refractivity contribution in [2.24, 2.45) is 0 Å². The first-order valence-electron chi connectivity index (χ1n) is 7.30. The number of rotatable bonds is 4. The Hall–Kier alpha value is -2.40. The zero-order chi connectivity index (χ0) is 15.5. The van der Waals surface area contributed by atoms with E-state index in [0.717, 1.165) is 30.1 Å². The first-order valence-corrected chi connectivity index (χ1v) is 7.30. The summed E-state index contributed by atoms with van der Waals surface area (Å²) in [5.41, 5.74) is 3.10. The van der Waals surface area contributed by atoms with Crippen molar-refractivity contribution in [3.05, 3.63) is 53.9 Å². The van der Waals surface area contributed by atoms with Gasteiger partial charge < -0.3 is 10.1 Å². The quantitative estimate of drug-likeness (QED) is 0.941. The van der Waals surface area contributed by atoms with Crippen molar-refractivity contribution < 1.29 is 9.53 Å². The number of aromatic nitrogens is 1. The molecule has 22 heavy (non-hydrogen) atoms. The Morgan fingerprint density at radius 2 is 1.91 bits per heavy atom. The third kappa shape index (κ3) is 3.26. The lowest BCUT2D eigenvalue weighted by Gasteiger charge is -2.24. The first kappa shape index (κ1) is 14.5. The minimum absolute atomic E-state index is 0.102. The molecule has 5 nitrogen and oxygen atoms in total. The number of hydrogen-bond donors (Lipinski definition) is 1. The van der Waals surface area contributed by atoms with Crippen LogP contribution in [-0.2, 0) is 17.9 Å². The lowest BCUT2D eigenvalue weighted by molar-refractivity contribution is -0.122. The van der Waals surface area contributed by atoms with Crippen LogP contribution in [0.1, 0.15) is 18.1 Å². The van der Waals surface area contributed by atoms with Crippen molar-refractivity contribution in [2.45, 2.75) is 26.1 Å². The molecule has 0 saturated heterocycles. The molecule has 0 fully saturated rings. The normalized spacial score (nSPS) is 16.9. The summed E-state index contributed by atoms with van der Waals surface area (Å²) >= 11 is 0. The van der Waals surface area contributed by atoms with Gasteiger partial charge in [-0.1, -0.05) is 6.07 Å². The summed E-state index contributed by atoms with van der Waals surface area (Å²) in [5, 5.41) is 2.88. The zero-order valence-electron chi connectivity index (χ0n) is 12.7. The number of nitrogens with one attached hydrogen (secondary N) is 1. The maximum atomic E-state index is 11.7. The predicted molar refractivity (Wildman–Crippen MR) is 84.6 cm³/mol. The molecule has 1 aliphatic heterocycles. The fourth-order valence-corrected chi connectivity index (χ4v) is 2.52. The van der Waals surface area contributed by atoms with Gasteiger partial charge in [0.25, 0.3) is 5.91 Å². The Morgan fingerprint density at radius 1 is 1.18 bits per heavy atom. The van der Waals surface area contributed by atoms with Crippen LogP contribution >= 0.6 is 0 Å². The lowest BCUT2D eigenvalue weighted by atomic mass is 10.1. The average Bonchev–Trinajstić information content (AvgIpc) is 2.49. The van der Waals surface area contributed by atoms with Crippen LogP contribution in [0.3, 0.4) is 0 Å². The number of anilines is 1. The van der Waals surface area contributed by atoms with Crippen molar-refractivity contribution in [1.29, 1.82) is 0 Å². The van der Waals surface area contributed by atoms with E-state index < -0.39 is 6.10 Å². The minimum atomic E-state index is -0.437. The van der Waals surface area contributed by atoms with Gasteiger partial charge in [0.1, 0.15) is 5.75 Å². The van der Waals surface area contributed by atoms with Crippen LogP contribution in [0.15, 0.2) is 42.7 Å². The molecule has 3 rings (SSSR count). The van der Waals surface area contributed by atoms with Gasteiger partial charge in [-0.15, -0.1) is 0 Å². The molecular weight excluding hydrogens is 278 g/mol. The summed E-state index contributed by atoms with van der Waals surface area (Å²) in [6.07, 6.45) is 3.17. The molecule has 0 aliphatic carbocycles. The summed E-state index contributed by atoms with van der Waals surface area (Å²) in [5.74, 6) is 0.627. The van der Waals surface area contributed by atoms with Crippen LogP contribution in [0.5, 0.6) is 5.75 Å². The largest absolute Gasteiger partial charge is 0.479 e. The van der Waals surface area contributed by atoms with E-state index in [4.69, 9.17) is 4.74 Å². The molecule has 1 aliphatic rings. The van der Waals surface area contributed by atoms with E-state index in [1.165, 1.54) is 5.56 Å². The number of ether oxygens (including phenoxy) is 1. The Kier molecular flexibility index (Phi) is 4.06. The Labute approximate surface area is 129 Å². The molecule has 1 unspecified atom stereocenters. The van der Waals surface area contributed by atoms with E-state index in [1.807, 2.05) is 30.3 Å².